The third kappa shape index (κ3) is 6.22. The third-order valence-corrected chi connectivity index (χ3v) is 5.08. The first-order valence-electron chi connectivity index (χ1n) is 9.56. The zero-order valence-electron chi connectivity index (χ0n) is 17.1. The molecular formula is C21H32IN5O. The van der Waals surface area contributed by atoms with Crippen LogP contribution < -0.4 is 5.32 Å². The van der Waals surface area contributed by atoms with Crippen LogP contribution in [0, 0.1) is 0 Å². The van der Waals surface area contributed by atoms with E-state index < -0.39 is 0 Å². The SMILES string of the molecule is CN=C(NCc1ccccc1CN1CCOCC1)N(C)Cc1cccn1C.I. The van der Waals surface area contributed by atoms with Gasteiger partial charge in [0.05, 0.1) is 19.8 Å². The highest BCUT2D eigenvalue weighted by atomic mass is 127. The molecule has 0 spiro atoms. The molecule has 1 saturated heterocycles. The molecule has 1 aliphatic heterocycles. The number of rotatable bonds is 6. The molecule has 1 aliphatic rings. The van der Waals surface area contributed by atoms with Gasteiger partial charge < -0.3 is 19.5 Å². The summed E-state index contributed by atoms with van der Waals surface area (Å²) in [6.07, 6.45) is 2.07. The van der Waals surface area contributed by atoms with Crippen molar-refractivity contribution in [3.05, 3.63) is 59.4 Å². The lowest BCUT2D eigenvalue weighted by atomic mass is 10.1. The molecule has 0 atom stereocenters. The van der Waals surface area contributed by atoms with Gasteiger partial charge in [0, 0.05) is 59.2 Å². The smallest absolute Gasteiger partial charge is 0.194 e. The molecule has 6 nitrogen and oxygen atoms in total. The zero-order chi connectivity index (χ0) is 19.1. The largest absolute Gasteiger partial charge is 0.379 e. The third-order valence-electron chi connectivity index (χ3n) is 5.08. The minimum Gasteiger partial charge on any atom is -0.379 e. The number of halogens is 1. The molecule has 0 amide bonds. The molecule has 3 rings (SSSR count). The topological polar surface area (TPSA) is 45.0 Å². The van der Waals surface area contributed by atoms with Crippen LogP contribution in [-0.2, 0) is 31.4 Å². The molecule has 1 aromatic heterocycles. The second-order valence-electron chi connectivity index (χ2n) is 7.02. The summed E-state index contributed by atoms with van der Waals surface area (Å²) in [5.41, 5.74) is 3.94. The van der Waals surface area contributed by atoms with Gasteiger partial charge in [-0.1, -0.05) is 24.3 Å². The van der Waals surface area contributed by atoms with Crippen molar-refractivity contribution in [3.8, 4) is 0 Å². The van der Waals surface area contributed by atoms with E-state index in [9.17, 15) is 0 Å². The number of ether oxygens (including phenoxy) is 1. The van der Waals surface area contributed by atoms with Gasteiger partial charge in [0.1, 0.15) is 0 Å². The Balaban J connectivity index is 0.00000280. The average molecular weight is 497 g/mol. The van der Waals surface area contributed by atoms with Crippen LogP contribution >= 0.6 is 24.0 Å². The highest BCUT2D eigenvalue weighted by Gasteiger charge is 2.13. The van der Waals surface area contributed by atoms with Crippen LogP contribution in [0.1, 0.15) is 16.8 Å². The Morgan fingerprint density at radius 2 is 1.86 bits per heavy atom. The summed E-state index contributed by atoms with van der Waals surface area (Å²) in [4.78, 5) is 9.06. The molecule has 154 valence electrons. The summed E-state index contributed by atoms with van der Waals surface area (Å²) >= 11 is 0. The van der Waals surface area contributed by atoms with Crippen LogP contribution in [0.5, 0.6) is 0 Å². The van der Waals surface area contributed by atoms with Crippen molar-refractivity contribution in [2.24, 2.45) is 12.0 Å². The maximum atomic E-state index is 5.46. The number of hydrogen-bond acceptors (Lipinski definition) is 3. The standard InChI is InChI=1S/C21H31N5O.HI/c1-22-21(25(3)17-20-9-6-10-24(20)2)23-15-18-7-4-5-8-19(18)16-26-11-13-27-14-12-26;/h4-10H,11-17H2,1-3H3,(H,22,23);1H. The first kappa shape index (κ1) is 22.7. The van der Waals surface area contributed by atoms with Crippen molar-refractivity contribution in [2.45, 2.75) is 19.6 Å². The predicted octanol–water partition coefficient (Wildman–Crippen LogP) is 2.68. The minimum absolute atomic E-state index is 0. The number of hydrogen-bond donors (Lipinski definition) is 1. The molecule has 0 saturated carbocycles. The Morgan fingerprint density at radius 1 is 1.14 bits per heavy atom. The first-order chi connectivity index (χ1) is 13.2. The summed E-state index contributed by atoms with van der Waals surface area (Å²) in [7, 11) is 5.98. The molecule has 0 bridgehead atoms. The Morgan fingerprint density at radius 3 is 2.50 bits per heavy atom. The fourth-order valence-corrected chi connectivity index (χ4v) is 3.42. The van der Waals surface area contributed by atoms with Gasteiger partial charge in [-0.25, -0.2) is 0 Å². The van der Waals surface area contributed by atoms with E-state index in [-0.39, 0.29) is 24.0 Å². The summed E-state index contributed by atoms with van der Waals surface area (Å²) < 4.78 is 7.60. The van der Waals surface area contributed by atoms with Crippen molar-refractivity contribution in [1.82, 2.24) is 19.7 Å². The second-order valence-corrected chi connectivity index (χ2v) is 7.02. The molecule has 0 radical (unpaired) electrons. The van der Waals surface area contributed by atoms with E-state index >= 15 is 0 Å². The molecule has 2 aromatic rings. The second kappa shape index (κ2) is 11.4. The maximum absolute atomic E-state index is 5.46. The summed E-state index contributed by atoms with van der Waals surface area (Å²) in [6, 6.07) is 12.9. The number of morpholine rings is 1. The number of nitrogens with zero attached hydrogens (tertiary/aromatic N) is 4. The van der Waals surface area contributed by atoms with E-state index in [0.29, 0.717) is 0 Å². The fraction of sp³-hybridized carbons (Fsp3) is 0.476. The van der Waals surface area contributed by atoms with Gasteiger partial charge in [0.25, 0.3) is 0 Å². The number of guanidine groups is 1. The van der Waals surface area contributed by atoms with Crippen LogP contribution in [0.4, 0.5) is 0 Å². The van der Waals surface area contributed by atoms with Crippen LogP contribution in [0.3, 0.4) is 0 Å². The lowest BCUT2D eigenvalue weighted by molar-refractivity contribution is 0.0341. The highest BCUT2D eigenvalue weighted by Crippen LogP contribution is 2.13. The monoisotopic (exact) mass is 497 g/mol. The van der Waals surface area contributed by atoms with Gasteiger partial charge in [-0.3, -0.25) is 9.89 Å². The van der Waals surface area contributed by atoms with Crippen molar-refractivity contribution >= 4 is 29.9 Å². The molecule has 0 unspecified atom stereocenters. The van der Waals surface area contributed by atoms with Crippen LogP contribution in [0.2, 0.25) is 0 Å². The summed E-state index contributed by atoms with van der Waals surface area (Å²) in [5, 5.41) is 3.52. The van der Waals surface area contributed by atoms with Crippen LogP contribution in [-0.4, -0.2) is 60.7 Å². The maximum Gasteiger partial charge on any atom is 0.194 e. The molecule has 1 fully saturated rings. The highest BCUT2D eigenvalue weighted by molar-refractivity contribution is 14.0. The number of aromatic nitrogens is 1. The Kier molecular flexibility index (Phi) is 9.27. The normalized spacial score (nSPS) is 15.2. The molecule has 1 N–H and O–H groups in total. The van der Waals surface area contributed by atoms with Gasteiger partial charge in [-0.2, -0.15) is 0 Å². The van der Waals surface area contributed by atoms with Crippen molar-refractivity contribution in [1.29, 1.82) is 0 Å². The van der Waals surface area contributed by atoms with Gasteiger partial charge in [-0.05, 0) is 23.3 Å². The summed E-state index contributed by atoms with van der Waals surface area (Å²) in [6.45, 7) is 6.22. The Bertz CT molecular complexity index is 755. The lowest BCUT2D eigenvalue weighted by Crippen LogP contribution is -2.39. The van der Waals surface area contributed by atoms with E-state index in [1.807, 2.05) is 7.05 Å². The average Bonchev–Trinajstić information content (AvgIpc) is 3.09. The van der Waals surface area contributed by atoms with Crippen molar-refractivity contribution < 1.29 is 4.74 Å². The number of aryl methyl sites for hydroxylation is 1. The van der Waals surface area contributed by atoms with Crippen molar-refractivity contribution in [2.75, 3.05) is 40.4 Å². The number of benzene rings is 1. The van der Waals surface area contributed by atoms with E-state index in [1.165, 1.54) is 16.8 Å². The van der Waals surface area contributed by atoms with E-state index in [1.54, 1.807) is 0 Å². The number of nitrogens with one attached hydrogen (secondary N) is 1. The van der Waals surface area contributed by atoms with Gasteiger partial charge in [-0.15, -0.1) is 24.0 Å². The minimum atomic E-state index is 0. The van der Waals surface area contributed by atoms with Gasteiger partial charge in [0.2, 0.25) is 0 Å². The predicted molar refractivity (Wildman–Crippen MR) is 125 cm³/mol. The molecule has 7 heteroatoms. The van der Waals surface area contributed by atoms with Crippen LogP contribution in [0.15, 0.2) is 47.6 Å². The molecular weight excluding hydrogens is 465 g/mol. The van der Waals surface area contributed by atoms with Crippen LogP contribution in [0.25, 0.3) is 0 Å². The molecule has 0 aliphatic carbocycles. The van der Waals surface area contributed by atoms with E-state index in [4.69, 9.17) is 4.74 Å². The summed E-state index contributed by atoms with van der Waals surface area (Å²) in [5.74, 6) is 0.900. The van der Waals surface area contributed by atoms with Crippen molar-refractivity contribution in [3.63, 3.8) is 0 Å². The Hall–Kier alpha value is -1.58. The molecule has 2 heterocycles. The van der Waals surface area contributed by atoms with Gasteiger partial charge in [0.15, 0.2) is 5.96 Å². The lowest BCUT2D eigenvalue weighted by Gasteiger charge is -2.28. The Labute approximate surface area is 185 Å². The van der Waals surface area contributed by atoms with E-state index in [0.717, 1.165) is 51.9 Å². The van der Waals surface area contributed by atoms with Gasteiger partial charge >= 0.3 is 0 Å². The molecule has 28 heavy (non-hydrogen) atoms. The molecule has 1 aromatic carbocycles. The quantitative estimate of drug-likeness (QED) is 0.379. The zero-order valence-corrected chi connectivity index (χ0v) is 19.4. The number of aliphatic imine (C=N–C) groups is 1. The van der Waals surface area contributed by atoms with E-state index in [2.05, 4.69) is 81.4 Å². The first-order valence-corrected chi connectivity index (χ1v) is 9.56. The fourth-order valence-electron chi connectivity index (χ4n) is 3.42.